The summed E-state index contributed by atoms with van der Waals surface area (Å²) < 4.78 is 26.8. The molecule has 4 heteroatoms. The molecule has 0 spiro atoms. The lowest BCUT2D eigenvalue weighted by Crippen LogP contribution is -2.11. The first kappa shape index (κ1) is 10.9. The van der Waals surface area contributed by atoms with Gasteiger partial charge in [-0.2, -0.15) is 0 Å². The van der Waals surface area contributed by atoms with E-state index in [-0.39, 0.29) is 11.0 Å². The molecule has 0 saturated carbocycles. The van der Waals surface area contributed by atoms with Crippen LogP contribution < -0.4 is 10.9 Å². The third-order valence-electron chi connectivity index (χ3n) is 2.33. The Hall–Kier alpha value is -1.57. The topological polar surface area (TPSA) is 0 Å². The molecular formula is C12H6B2F2. The lowest BCUT2D eigenvalue weighted by molar-refractivity contribution is 0.517. The van der Waals surface area contributed by atoms with E-state index in [4.69, 9.17) is 15.7 Å². The summed E-state index contributed by atoms with van der Waals surface area (Å²) in [6.07, 6.45) is 0. The fourth-order valence-electron chi connectivity index (χ4n) is 1.45. The maximum absolute atomic E-state index is 13.6. The van der Waals surface area contributed by atoms with E-state index in [0.29, 0.717) is 11.0 Å². The molecule has 0 aliphatic heterocycles. The van der Waals surface area contributed by atoms with Crippen molar-refractivity contribution < 1.29 is 8.78 Å². The third kappa shape index (κ3) is 1.87. The van der Waals surface area contributed by atoms with E-state index < -0.39 is 11.6 Å². The molecule has 0 nitrogen and oxygen atoms in total. The minimum absolute atomic E-state index is 0.173. The summed E-state index contributed by atoms with van der Waals surface area (Å²) in [5, 5.41) is 0. The maximum atomic E-state index is 13.6. The first-order valence-electron chi connectivity index (χ1n) is 4.69. The van der Waals surface area contributed by atoms with Crippen molar-refractivity contribution in [2.75, 3.05) is 0 Å². The predicted molar refractivity (Wildman–Crippen MR) is 62.6 cm³/mol. The second-order valence-corrected chi connectivity index (χ2v) is 3.45. The van der Waals surface area contributed by atoms with Crippen LogP contribution in [-0.4, -0.2) is 15.7 Å². The Morgan fingerprint density at radius 3 is 2.00 bits per heavy atom. The van der Waals surface area contributed by atoms with Crippen molar-refractivity contribution in [3.63, 3.8) is 0 Å². The lowest BCUT2D eigenvalue weighted by Gasteiger charge is -2.06. The summed E-state index contributed by atoms with van der Waals surface area (Å²) in [5.74, 6) is -1.96. The van der Waals surface area contributed by atoms with Crippen molar-refractivity contribution in [1.29, 1.82) is 0 Å². The van der Waals surface area contributed by atoms with Crippen molar-refractivity contribution in [3.05, 3.63) is 48.0 Å². The van der Waals surface area contributed by atoms with Crippen LogP contribution in [0.2, 0.25) is 0 Å². The zero-order valence-electron chi connectivity index (χ0n) is 8.37. The molecule has 2 aromatic carbocycles. The Balaban J connectivity index is 2.57. The largest absolute Gasteiger partial charge is 0.204 e. The van der Waals surface area contributed by atoms with Crippen molar-refractivity contribution in [2.45, 2.75) is 0 Å². The van der Waals surface area contributed by atoms with Gasteiger partial charge in [-0.1, -0.05) is 47.3 Å². The highest BCUT2D eigenvalue weighted by Gasteiger charge is 2.11. The molecule has 0 aliphatic carbocycles. The van der Waals surface area contributed by atoms with Gasteiger partial charge >= 0.3 is 0 Å². The van der Waals surface area contributed by atoms with Gasteiger partial charge in [-0.25, -0.2) is 8.78 Å². The molecular weight excluding hydrogens is 204 g/mol. The summed E-state index contributed by atoms with van der Waals surface area (Å²) in [5.41, 5.74) is 1.11. The van der Waals surface area contributed by atoms with E-state index in [1.54, 1.807) is 24.3 Å². The summed E-state index contributed by atoms with van der Waals surface area (Å²) in [6, 6.07) is 9.29. The van der Waals surface area contributed by atoms with Gasteiger partial charge in [0.2, 0.25) is 0 Å². The Bertz CT molecular complexity index is 521. The van der Waals surface area contributed by atoms with Gasteiger partial charge in [0.05, 0.1) is 0 Å². The van der Waals surface area contributed by atoms with Gasteiger partial charge in [0, 0.05) is 5.56 Å². The van der Waals surface area contributed by atoms with E-state index >= 15 is 0 Å². The highest BCUT2D eigenvalue weighted by Crippen LogP contribution is 2.22. The Morgan fingerprint density at radius 2 is 1.38 bits per heavy atom. The highest BCUT2D eigenvalue weighted by atomic mass is 19.2. The molecule has 74 valence electrons. The first-order chi connectivity index (χ1) is 7.59. The second kappa shape index (κ2) is 4.12. The van der Waals surface area contributed by atoms with E-state index in [9.17, 15) is 8.78 Å². The molecule has 0 bridgehead atoms. The molecule has 16 heavy (non-hydrogen) atoms. The number of rotatable bonds is 1. The van der Waals surface area contributed by atoms with Crippen molar-refractivity contribution in [2.24, 2.45) is 0 Å². The van der Waals surface area contributed by atoms with Crippen molar-refractivity contribution in [1.82, 2.24) is 0 Å². The molecule has 4 radical (unpaired) electrons. The Morgan fingerprint density at radius 1 is 0.750 bits per heavy atom. The third-order valence-corrected chi connectivity index (χ3v) is 2.33. The number of benzene rings is 2. The minimum atomic E-state index is -1.02. The van der Waals surface area contributed by atoms with Crippen molar-refractivity contribution in [3.8, 4) is 11.1 Å². The van der Waals surface area contributed by atoms with Gasteiger partial charge < -0.3 is 0 Å². The SMILES string of the molecule is [B]c1ccc(-c2ccc([B])c(F)c2F)cc1. The fraction of sp³-hybridized carbons (Fsp3) is 0. The van der Waals surface area contributed by atoms with E-state index in [1.165, 1.54) is 12.1 Å². The van der Waals surface area contributed by atoms with Crippen LogP contribution in [0, 0.1) is 11.6 Å². The Labute approximate surface area is 95.1 Å². The average Bonchev–Trinajstić information content (AvgIpc) is 2.28. The normalized spacial score (nSPS) is 10.4. The minimum Gasteiger partial charge on any atom is -0.204 e. The van der Waals surface area contributed by atoms with Crippen LogP contribution in [0.25, 0.3) is 11.1 Å². The standard InChI is InChI=1S/C12H6B2F2/c13-8-3-1-7(2-4-8)9-5-6-10(14)12(16)11(9)15/h1-6H. The quantitative estimate of drug-likeness (QED) is 0.620. The van der Waals surface area contributed by atoms with Crippen LogP contribution in [0.3, 0.4) is 0 Å². The molecule has 0 fully saturated rings. The van der Waals surface area contributed by atoms with Crippen LogP contribution in [0.1, 0.15) is 0 Å². The number of hydrogen-bond acceptors (Lipinski definition) is 0. The molecule has 0 N–H and O–H groups in total. The maximum Gasteiger partial charge on any atom is 0.166 e. The van der Waals surface area contributed by atoms with E-state index in [2.05, 4.69) is 0 Å². The molecule has 0 heterocycles. The van der Waals surface area contributed by atoms with Crippen LogP contribution in [0.4, 0.5) is 8.78 Å². The number of hydrogen-bond donors (Lipinski definition) is 0. The van der Waals surface area contributed by atoms with E-state index in [1.807, 2.05) is 0 Å². The van der Waals surface area contributed by atoms with Gasteiger partial charge in [0.15, 0.2) is 11.6 Å². The van der Waals surface area contributed by atoms with Gasteiger partial charge in [-0.3, -0.25) is 0 Å². The van der Waals surface area contributed by atoms with Crippen LogP contribution in [0.5, 0.6) is 0 Å². The molecule has 0 aliphatic rings. The van der Waals surface area contributed by atoms with E-state index in [0.717, 1.165) is 0 Å². The summed E-state index contributed by atoms with van der Waals surface area (Å²) in [6.45, 7) is 0. The molecule has 0 unspecified atom stereocenters. The molecule has 2 aromatic rings. The van der Waals surface area contributed by atoms with Gasteiger partial charge in [0.1, 0.15) is 15.7 Å². The van der Waals surface area contributed by atoms with Gasteiger partial charge in [0.25, 0.3) is 0 Å². The number of halogens is 2. The smallest absolute Gasteiger partial charge is 0.166 e. The molecule has 0 aromatic heterocycles. The van der Waals surface area contributed by atoms with Gasteiger partial charge in [-0.15, -0.1) is 0 Å². The lowest BCUT2D eigenvalue weighted by atomic mass is 9.90. The van der Waals surface area contributed by atoms with Crippen LogP contribution in [0.15, 0.2) is 36.4 Å². The summed E-state index contributed by atoms with van der Waals surface area (Å²) in [4.78, 5) is 0. The predicted octanol–water partition coefficient (Wildman–Crippen LogP) is 1.22. The summed E-state index contributed by atoms with van der Waals surface area (Å²) >= 11 is 0. The summed E-state index contributed by atoms with van der Waals surface area (Å²) in [7, 11) is 10.8. The van der Waals surface area contributed by atoms with Crippen molar-refractivity contribution >= 4 is 26.6 Å². The zero-order chi connectivity index (χ0) is 11.7. The van der Waals surface area contributed by atoms with Gasteiger partial charge in [-0.05, 0) is 5.56 Å². The highest BCUT2D eigenvalue weighted by molar-refractivity contribution is 6.32. The van der Waals surface area contributed by atoms with Crippen LogP contribution >= 0.6 is 0 Å². The molecule has 0 atom stereocenters. The fourth-order valence-corrected chi connectivity index (χ4v) is 1.45. The Kier molecular flexibility index (Phi) is 2.82. The second-order valence-electron chi connectivity index (χ2n) is 3.45. The molecule has 2 rings (SSSR count). The first-order valence-corrected chi connectivity index (χ1v) is 4.69. The zero-order valence-corrected chi connectivity index (χ0v) is 8.37. The molecule has 0 saturated heterocycles. The molecule has 0 amide bonds. The average molecular weight is 210 g/mol. The monoisotopic (exact) mass is 210 g/mol. The van der Waals surface area contributed by atoms with Crippen LogP contribution in [-0.2, 0) is 0 Å².